The van der Waals surface area contributed by atoms with Gasteiger partial charge in [0.15, 0.2) is 0 Å². The predicted molar refractivity (Wildman–Crippen MR) is 146 cm³/mol. The third kappa shape index (κ3) is 5.66. The van der Waals surface area contributed by atoms with Gasteiger partial charge in [-0.05, 0) is 52.7 Å². The van der Waals surface area contributed by atoms with Crippen molar-refractivity contribution in [2.75, 3.05) is 27.4 Å². The number of esters is 4. The Balaban J connectivity index is 2.31. The Morgan fingerprint density at radius 3 is 1.25 bits per heavy atom. The number of ether oxygens (including phenoxy) is 4. The zero-order valence-electron chi connectivity index (χ0n) is 24.1. The van der Waals surface area contributed by atoms with Crippen molar-refractivity contribution in [3.8, 4) is 0 Å². The van der Waals surface area contributed by atoms with E-state index in [1.165, 1.54) is 14.2 Å². The second kappa shape index (κ2) is 12.7. The Morgan fingerprint density at radius 2 is 0.950 bits per heavy atom. The second-order valence-corrected chi connectivity index (χ2v) is 9.36. The van der Waals surface area contributed by atoms with Gasteiger partial charge in [0.2, 0.25) is 0 Å². The van der Waals surface area contributed by atoms with E-state index >= 15 is 0 Å². The Labute approximate surface area is 234 Å². The third-order valence-corrected chi connectivity index (χ3v) is 6.90. The summed E-state index contributed by atoms with van der Waals surface area (Å²) in [6, 6.07) is 7.08. The van der Waals surface area contributed by atoms with Crippen molar-refractivity contribution in [2.24, 2.45) is 0 Å². The van der Waals surface area contributed by atoms with Gasteiger partial charge in [0.05, 0.1) is 61.6 Å². The van der Waals surface area contributed by atoms with Gasteiger partial charge >= 0.3 is 23.9 Å². The van der Waals surface area contributed by atoms with Gasteiger partial charge < -0.3 is 29.6 Å². The minimum Gasteiger partial charge on any atom is -0.466 e. The van der Waals surface area contributed by atoms with Gasteiger partial charge in [0, 0.05) is 22.8 Å². The van der Waals surface area contributed by atoms with Crippen molar-refractivity contribution in [1.29, 1.82) is 0 Å². The molecule has 0 spiro atoms. The summed E-state index contributed by atoms with van der Waals surface area (Å²) in [5.74, 6) is -4.04. The summed E-state index contributed by atoms with van der Waals surface area (Å²) in [6.07, 6.45) is 0. The molecule has 2 heterocycles. The monoisotopic (exact) mass is 552 g/mol. The standard InChI is InChI=1S/C30H36N2O8/c1-9-39-29(35)23-17(5)32-18(6)24(30(36)40-10-2)26(23)20-13-11-12-19(14-20)25-21(27(33)37-7)15(3)31-16(4)22(25)28(34)38-8/h11-14,25-26,31-32H,9-10H2,1-8H3. The SMILES string of the molecule is CCOC(=O)C1=C(C)NC(C)=C(C(=O)OCC)C1c1cccc(C2C(C(=O)OC)=C(C)NC(C)=C2C(=O)OC)c1. The number of allylic oxidation sites excluding steroid dienone is 4. The first-order valence-corrected chi connectivity index (χ1v) is 13.0. The van der Waals surface area contributed by atoms with Crippen LogP contribution in [0.2, 0.25) is 0 Å². The van der Waals surface area contributed by atoms with Gasteiger partial charge in [0.1, 0.15) is 0 Å². The van der Waals surface area contributed by atoms with Crippen molar-refractivity contribution in [1.82, 2.24) is 10.6 Å². The van der Waals surface area contributed by atoms with E-state index in [-0.39, 0.29) is 35.5 Å². The molecule has 2 aliphatic rings. The fourth-order valence-corrected chi connectivity index (χ4v) is 5.29. The summed E-state index contributed by atoms with van der Waals surface area (Å²) in [5, 5.41) is 6.20. The van der Waals surface area contributed by atoms with E-state index in [1.807, 2.05) is 0 Å². The number of carbonyl (C=O) groups is 4. The van der Waals surface area contributed by atoms with Crippen molar-refractivity contribution < 1.29 is 38.1 Å². The summed E-state index contributed by atoms with van der Waals surface area (Å²) >= 11 is 0. The van der Waals surface area contributed by atoms with Crippen LogP contribution >= 0.6 is 0 Å². The Kier molecular flexibility index (Phi) is 9.57. The summed E-state index contributed by atoms with van der Waals surface area (Å²) in [6.45, 7) is 10.6. The molecule has 2 aliphatic heterocycles. The summed E-state index contributed by atoms with van der Waals surface area (Å²) in [4.78, 5) is 52.4. The summed E-state index contributed by atoms with van der Waals surface area (Å²) in [7, 11) is 2.54. The average Bonchev–Trinajstić information content (AvgIpc) is 2.91. The van der Waals surface area contributed by atoms with Crippen LogP contribution in [0.15, 0.2) is 69.3 Å². The van der Waals surface area contributed by atoms with Crippen LogP contribution < -0.4 is 10.6 Å². The van der Waals surface area contributed by atoms with E-state index in [1.54, 1.807) is 65.8 Å². The molecule has 10 heteroatoms. The highest BCUT2D eigenvalue weighted by atomic mass is 16.5. The van der Waals surface area contributed by atoms with E-state index in [4.69, 9.17) is 18.9 Å². The third-order valence-electron chi connectivity index (χ3n) is 6.90. The minimum absolute atomic E-state index is 0.147. The molecule has 3 rings (SSSR count). The highest BCUT2D eigenvalue weighted by Crippen LogP contribution is 2.43. The Hall–Kier alpha value is -4.34. The van der Waals surface area contributed by atoms with Crippen LogP contribution in [0, 0.1) is 0 Å². The molecule has 0 saturated heterocycles. The molecule has 0 aliphatic carbocycles. The minimum atomic E-state index is -0.838. The number of rotatable bonds is 8. The zero-order chi connectivity index (χ0) is 29.7. The van der Waals surface area contributed by atoms with E-state index in [0.29, 0.717) is 33.9 Å². The highest BCUT2D eigenvalue weighted by Gasteiger charge is 2.40. The van der Waals surface area contributed by atoms with Crippen molar-refractivity contribution in [2.45, 2.75) is 53.4 Å². The lowest BCUT2D eigenvalue weighted by Gasteiger charge is -2.32. The van der Waals surface area contributed by atoms with E-state index < -0.39 is 35.7 Å². The molecule has 0 amide bonds. The fraction of sp³-hybridized carbons (Fsp3) is 0.400. The van der Waals surface area contributed by atoms with Crippen LogP contribution in [0.25, 0.3) is 0 Å². The lowest BCUT2D eigenvalue weighted by atomic mass is 9.76. The second-order valence-electron chi connectivity index (χ2n) is 9.36. The Bertz CT molecular complexity index is 1290. The van der Waals surface area contributed by atoms with Gasteiger partial charge in [-0.1, -0.05) is 24.3 Å². The molecule has 214 valence electrons. The number of benzene rings is 1. The van der Waals surface area contributed by atoms with Gasteiger partial charge in [-0.2, -0.15) is 0 Å². The molecule has 10 nitrogen and oxygen atoms in total. The first-order chi connectivity index (χ1) is 19.0. The average molecular weight is 553 g/mol. The molecular weight excluding hydrogens is 516 g/mol. The van der Waals surface area contributed by atoms with Crippen LogP contribution in [-0.4, -0.2) is 51.3 Å². The first kappa shape index (κ1) is 30.2. The van der Waals surface area contributed by atoms with Gasteiger partial charge in [-0.3, -0.25) is 0 Å². The van der Waals surface area contributed by atoms with E-state index in [9.17, 15) is 19.2 Å². The largest absolute Gasteiger partial charge is 0.466 e. The number of dihydropyridines is 2. The van der Waals surface area contributed by atoms with Crippen molar-refractivity contribution in [3.63, 3.8) is 0 Å². The maximum Gasteiger partial charge on any atom is 0.336 e. The Morgan fingerprint density at radius 1 is 0.625 bits per heavy atom. The number of hydrogen-bond donors (Lipinski definition) is 2. The quantitative estimate of drug-likeness (QED) is 0.364. The van der Waals surface area contributed by atoms with Crippen LogP contribution in [0.1, 0.15) is 64.5 Å². The molecule has 1 aromatic rings. The van der Waals surface area contributed by atoms with Crippen LogP contribution in [0.5, 0.6) is 0 Å². The number of methoxy groups -OCH3 is 2. The maximum atomic E-state index is 13.2. The zero-order valence-corrected chi connectivity index (χ0v) is 24.1. The molecule has 40 heavy (non-hydrogen) atoms. The molecule has 0 bridgehead atoms. The summed E-state index contributed by atoms with van der Waals surface area (Å²) in [5.41, 5.74) is 4.29. The lowest BCUT2D eigenvalue weighted by molar-refractivity contribution is -0.140. The van der Waals surface area contributed by atoms with Crippen LogP contribution in [0.3, 0.4) is 0 Å². The highest BCUT2D eigenvalue weighted by molar-refractivity contribution is 6.01. The van der Waals surface area contributed by atoms with E-state index in [2.05, 4.69) is 10.6 Å². The maximum absolute atomic E-state index is 13.2. The van der Waals surface area contributed by atoms with Crippen LogP contribution in [0.4, 0.5) is 0 Å². The molecular formula is C30H36N2O8. The van der Waals surface area contributed by atoms with Gasteiger partial charge in [-0.25, -0.2) is 19.2 Å². The molecule has 0 saturated carbocycles. The molecule has 1 aromatic carbocycles. The molecule has 0 fully saturated rings. The van der Waals surface area contributed by atoms with Gasteiger partial charge in [-0.15, -0.1) is 0 Å². The molecule has 2 N–H and O–H groups in total. The van der Waals surface area contributed by atoms with Crippen LogP contribution in [-0.2, 0) is 38.1 Å². The predicted octanol–water partition coefficient (Wildman–Crippen LogP) is 3.63. The van der Waals surface area contributed by atoms with Gasteiger partial charge in [0.25, 0.3) is 0 Å². The summed E-state index contributed by atoms with van der Waals surface area (Å²) < 4.78 is 20.9. The van der Waals surface area contributed by atoms with Crippen molar-refractivity contribution in [3.05, 3.63) is 80.5 Å². The van der Waals surface area contributed by atoms with Crippen molar-refractivity contribution >= 4 is 23.9 Å². The molecule has 0 unspecified atom stereocenters. The number of hydrogen-bond acceptors (Lipinski definition) is 10. The molecule has 0 atom stereocenters. The smallest absolute Gasteiger partial charge is 0.336 e. The number of nitrogens with one attached hydrogen (secondary N) is 2. The fourth-order valence-electron chi connectivity index (χ4n) is 5.29. The topological polar surface area (TPSA) is 129 Å². The normalized spacial score (nSPS) is 16.4. The first-order valence-electron chi connectivity index (χ1n) is 13.0. The van der Waals surface area contributed by atoms with E-state index in [0.717, 1.165) is 0 Å². The molecule has 0 radical (unpaired) electrons. The lowest BCUT2D eigenvalue weighted by Crippen LogP contribution is -2.33. The molecule has 0 aromatic heterocycles. The number of carbonyl (C=O) groups excluding carboxylic acids is 4.